The van der Waals surface area contributed by atoms with Crippen LogP contribution >= 0.6 is 23.1 Å². The van der Waals surface area contributed by atoms with Gasteiger partial charge in [0.05, 0.1) is 30.9 Å². The average Bonchev–Trinajstić information content (AvgIpc) is 2.96. The number of benzene rings is 2. The maximum absolute atomic E-state index is 12.4. The number of carbonyl (C=O) groups excluding carboxylic acids is 1. The predicted molar refractivity (Wildman–Crippen MR) is 106 cm³/mol. The van der Waals surface area contributed by atoms with Crippen molar-refractivity contribution < 1.29 is 14.3 Å². The number of hydrogen-bond donors (Lipinski definition) is 0. The second kappa shape index (κ2) is 7.97. The number of aryl methyl sites for hydroxylation is 1. The van der Waals surface area contributed by atoms with Crippen molar-refractivity contribution in [3.8, 4) is 11.5 Å². The molecule has 0 fully saturated rings. The Kier molecular flexibility index (Phi) is 5.68. The molecule has 3 aromatic rings. The fourth-order valence-electron chi connectivity index (χ4n) is 2.66. The van der Waals surface area contributed by atoms with Gasteiger partial charge in [0, 0.05) is 11.9 Å². The second-order valence-electron chi connectivity index (χ2n) is 5.65. The summed E-state index contributed by atoms with van der Waals surface area (Å²) >= 11 is 3.22. The summed E-state index contributed by atoms with van der Waals surface area (Å²) in [6, 6.07) is 11.7. The zero-order valence-electron chi connectivity index (χ0n) is 15.1. The van der Waals surface area contributed by atoms with Gasteiger partial charge < -0.3 is 14.0 Å². The summed E-state index contributed by atoms with van der Waals surface area (Å²) in [5, 5.41) is 0. The molecule has 0 saturated heterocycles. The highest BCUT2D eigenvalue weighted by Gasteiger charge is 2.09. The third-order valence-electron chi connectivity index (χ3n) is 4.04. The molecule has 2 aromatic carbocycles. The number of rotatable bonds is 5. The molecule has 0 bridgehead atoms. The molecule has 0 radical (unpaired) electrons. The Hall–Kier alpha value is -2.25. The highest BCUT2D eigenvalue weighted by atomic mass is 32.2. The van der Waals surface area contributed by atoms with Gasteiger partial charge in [0.25, 0.3) is 5.91 Å². The van der Waals surface area contributed by atoms with E-state index in [4.69, 9.17) is 9.47 Å². The molecule has 0 aliphatic rings. The fraction of sp³-hybridized carbons (Fsp3) is 0.263. The third kappa shape index (κ3) is 3.78. The third-order valence-corrected chi connectivity index (χ3v) is 5.86. The van der Waals surface area contributed by atoms with Crippen molar-refractivity contribution in [2.75, 3.05) is 20.5 Å². The molecule has 1 amide bonds. The largest absolute Gasteiger partial charge is 0.493 e. The number of carbonyl (C=O) groups is 1. The fourth-order valence-corrected chi connectivity index (χ4v) is 4.25. The lowest BCUT2D eigenvalue weighted by atomic mass is 10.1. The van der Waals surface area contributed by atoms with Crippen molar-refractivity contribution in [1.82, 2.24) is 4.57 Å². The Morgan fingerprint density at radius 2 is 1.92 bits per heavy atom. The first-order chi connectivity index (χ1) is 12.5. The summed E-state index contributed by atoms with van der Waals surface area (Å²) in [5.41, 5.74) is 1.91. The minimum atomic E-state index is -0.190. The van der Waals surface area contributed by atoms with Gasteiger partial charge in [-0.25, -0.2) is 0 Å². The molecule has 0 aliphatic carbocycles. The van der Waals surface area contributed by atoms with Gasteiger partial charge in [-0.05, 0) is 42.2 Å². The topological polar surface area (TPSA) is 52.8 Å². The van der Waals surface area contributed by atoms with Crippen LogP contribution in [-0.4, -0.2) is 30.9 Å². The van der Waals surface area contributed by atoms with Gasteiger partial charge in [0.2, 0.25) is 0 Å². The summed E-state index contributed by atoms with van der Waals surface area (Å²) in [6.07, 6.45) is 2.26. The number of nitrogens with zero attached hydrogens (tertiary/aromatic N) is 2. The SMILES string of the molecule is COc1ccc(CC(=O)N=c2sc3cc(SC)ccc3n2C)cc1OC. The Labute approximate surface area is 160 Å². The summed E-state index contributed by atoms with van der Waals surface area (Å²) in [4.78, 5) is 18.6. The lowest BCUT2D eigenvalue weighted by molar-refractivity contribution is -0.117. The van der Waals surface area contributed by atoms with Crippen LogP contribution in [0, 0.1) is 0 Å². The first-order valence-electron chi connectivity index (χ1n) is 7.97. The molecular formula is C19H20N2O3S2. The summed E-state index contributed by atoms with van der Waals surface area (Å²) in [7, 11) is 5.09. The normalized spacial score (nSPS) is 11.8. The first-order valence-corrected chi connectivity index (χ1v) is 10.0. The van der Waals surface area contributed by atoms with E-state index >= 15 is 0 Å². The predicted octanol–water partition coefficient (Wildman–Crippen LogP) is 3.65. The number of fused-ring (bicyclic) bond motifs is 1. The van der Waals surface area contributed by atoms with E-state index in [2.05, 4.69) is 23.2 Å². The number of thioether (sulfide) groups is 1. The number of thiazole rings is 1. The van der Waals surface area contributed by atoms with E-state index in [9.17, 15) is 4.79 Å². The van der Waals surface area contributed by atoms with E-state index in [1.54, 1.807) is 32.0 Å². The molecule has 136 valence electrons. The zero-order valence-corrected chi connectivity index (χ0v) is 16.7. The van der Waals surface area contributed by atoms with Gasteiger partial charge in [0.1, 0.15) is 0 Å². The van der Waals surface area contributed by atoms with Crippen LogP contribution in [0.4, 0.5) is 0 Å². The van der Waals surface area contributed by atoms with Crippen LogP contribution in [0.1, 0.15) is 5.56 Å². The molecule has 0 aliphatic heterocycles. The Morgan fingerprint density at radius 3 is 2.62 bits per heavy atom. The van der Waals surface area contributed by atoms with Gasteiger partial charge in [-0.15, -0.1) is 11.8 Å². The molecule has 26 heavy (non-hydrogen) atoms. The maximum Gasteiger partial charge on any atom is 0.252 e. The van der Waals surface area contributed by atoms with Gasteiger partial charge >= 0.3 is 0 Å². The van der Waals surface area contributed by atoms with Crippen LogP contribution in [0.15, 0.2) is 46.3 Å². The van der Waals surface area contributed by atoms with Crippen molar-refractivity contribution in [2.24, 2.45) is 12.0 Å². The van der Waals surface area contributed by atoms with Crippen molar-refractivity contribution in [3.05, 3.63) is 46.8 Å². The number of methoxy groups -OCH3 is 2. The minimum Gasteiger partial charge on any atom is -0.493 e. The molecule has 1 heterocycles. The maximum atomic E-state index is 12.4. The van der Waals surface area contributed by atoms with Crippen LogP contribution in [0.5, 0.6) is 11.5 Å². The van der Waals surface area contributed by atoms with Gasteiger partial charge in [-0.3, -0.25) is 4.79 Å². The highest BCUT2D eigenvalue weighted by molar-refractivity contribution is 7.98. The second-order valence-corrected chi connectivity index (χ2v) is 7.54. The number of aromatic nitrogens is 1. The summed E-state index contributed by atoms with van der Waals surface area (Å²) in [6.45, 7) is 0. The van der Waals surface area contributed by atoms with Crippen molar-refractivity contribution in [1.29, 1.82) is 0 Å². The van der Waals surface area contributed by atoms with Crippen molar-refractivity contribution >= 4 is 39.2 Å². The van der Waals surface area contributed by atoms with Crippen molar-refractivity contribution in [2.45, 2.75) is 11.3 Å². The van der Waals surface area contributed by atoms with E-state index in [0.29, 0.717) is 16.3 Å². The minimum absolute atomic E-state index is 0.190. The Morgan fingerprint density at radius 1 is 1.15 bits per heavy atom. The highest BCUT2D eigenvalue weighted by Crippen LogP contribution is 2.28. The standard InChI is InChI=1S/C19H20N2O3S2/c1-21-14-7-6-13(25-4)11-17(14)26-19(21)20-18(22)10-12-5-8-15(23-2)16(9-12)24-3/h5-9,11H,10H2,1-4H3. The molecule has 0 N–H and O–H groups in total. The van der Waals surface area contributed by atoms with E-state index in [1.165, 1.54) is 16.2 Å². The molecular weight excluding hydrogens is 368 g/mol. The van der Waals surface area contributed by atoms with E-state index in [-0.39, 0.29) is 12.3 Å². The smallest absolute Gasteiger partial charge is 0.252 e. The van der Waals surface area contributed by atoms with E-state index < -0.39 is 0 Å². The van der Waals surface area contributed by atoms with Crippen LogP contribution in [-0.2, 0) is 18.3 Å². The van der Waals surface area contributed by atoms with Gasteiger partial charge in [0.15, 0.2) is 16.3 Å². The lowest BCUT2D eigenvalue weighted by Gasteiger charge is -2.08. The number of hydrogen-bond acceptors (Lipinski definition) is 5. The zero-order chi connectivity index (χ0) is 18.7. The molecule has 5 nitrogen and oxygen atoms in total. The van der Waals surface area contributed by atoms with Crippen LogP contribution in [0.2, 0.25) is 0 Å². The molecule has 0 atom stereocenters. The van der Waals surface area contributed by atoms with Crippen LogP contribution in [0.3, 0.4) is 0 Å². The Balaban J connectivity index is 1.89. The molecule has 1 aromatic heterocycles. The quantitative estimate of drug-likeness (QED) is 0.626. The molecule has 7 heteroatoms. The van der Waals surface area contributed by atoms with Crippen LogP contribution in [0.25, 0.3) is 10.2 Å². The van der Waals surface area contributed by atoms with Crippen molar-refractivity contribution in [3.63, 3.8) is 0 Å². The average molecular weight is 389 g/mol. The summed E-state index contributed by atoms with van der Waals surface area (Å²) in [5.74, 6) is 1.06. The van der Waals surface area contributed by atoms with Gasteiger partial charge in [-0.2, -0.15) is 4.99 Å². The number of amides is 1. The lowest BCUT2D eigenvalue weighted by Crippen LogP contribution is -2.14. The molecule has 0 saturated carbocycles. The Bertz CT molecular complexity index is 1020. The van der Waals surface area contributed by atoms with Gasteiger partial charge in [-0.1, -0.05) is 17.4 Å². The first kappa shape index (κ1) is 18.5. The van der Waals surface area contributed by atoms with E-state index in [1.807, 2.05) is 30.0 Å². The van der Waals surface area contributed by atoms with Crippen LogP contribution < -0.4 is 14.3 Å². The number of ether oxygens (including phenoxy) is 2. The molecule has 0 unspecified atom stereocenters. The monoisotopic (exact) mass is 388 g/mol. The van der Waals surface area contributed by atoms with E-state index in [0.717, 1.165) is 15.8 Å². The summed E-state index contributed by atoms with van der Waals surface area (Å²) < 4.78 is 13.6. The molecule has 0 spiro atoms. The molecule has 3 rings (SSSR count).